The van der Waals surface area contributed by atoms with Crippen molar-refractivity contribution in [3.8, 4) is 22.9 Å². The zero-order valence-corrected chi connectivity index (χ0v) is 16.9. The van der Waals surface area contributed by atoms with Gasteiger partial charge in [-0.05, 0) is 32.0 Å². The molecular weight excluding hydrogens is 360 g/mol. The van der Waals surface area contributed by atoms with Gasteiger partial charge in [-0.3, -0.25) is 4.79 Å². The van der Waals surface area contributed by atoms with E-state index >= 15 is 0 Å². The van der Waals surface area contributed by atoms with Gasteiger partial charge in [-0.1, -0.05) is 5.16 Å². The molecule has 8 heteroatoms. The first-order valence-electron chi connectivity index (χ1n) is 9.92. The maximum absolute atomic E-state index is 12.4. The summed E-state index contributed by atoms with van der Waals surface area (Å²) in [5, 5.41) is 4.05. The number of hydrogen-bond acceptors (Lipinski definition) is 6. The first kappa shape index (κ1) is 20.1. The third-order valence-electron chi connectivity index (χ3n) is 4.79. The van der Waals surface area contributed by atoms with Crippen molar-refractivity contribution in [1.82, 2.24) is 15.0 Å². The van der Waals surface area contributed by atoms with Crippen LogP contribution in [0.25, 0.3) is 11.4 Å². The lowest BCUT2D eigenvalue weighted by Crippen LogP contribution is -3.12. The molecule has 1 N–H and O–H groups in total. The van der Waals surface area contributed by atoms with E-state index in [1.807, 2.05) is 36.9 Å². The van der Waals surface area contributed by atoms with Crippen molar-refractivity contribution in [2.45, 2.75) is 26.7 Å². The van der Waals surface area contributed by atoms with E-state index < -0.39 is 0 Å². The summed E-state index contributed by atoms with van der Waals surface area (Å²) in [5.41, 5.74) is 0.787. The Morgan fingerprint density at radius 2 is 1.89 bits per heavy atom. The van der Waals surface area contributed by atoms with Crippen LogP contribution in [0.4, 0.5) is 0 Å². The SMILES string of the molecule is CCOc1ccc(-c2noc(CCC(=O)N3CC[NH+](C)CC3)n2)cc1OCC. The predicted molar refractivity (Wildman–Crippen MR) is 104 cm³/mol. The minimum Gasteiger partial charge on any atom is -0.490 e. The highest BCUT2D eigenvalue weighted by atomic mass is 16.5. The number of benzene rings is 1. The number of likely N-dealkylation sites (N-methyl/N-ethyl adjacent to an activating group) is 1. The molecule has 2 aromatic rings. The van der Waals surface area contributed by atoms with Crippen LogP contribution in [-0.2, 0) is 11.2 Å². The number of hydrogen-bond donors (Lipinski definition) is 1. The molecule has 0 spiro atoms. The second kappa shape index (κ2) is 9.54. The van der Waals surface area contributed by atoms with Gasteiger partial charge in [-0.25, -0.2) is 0 Å². The topological polar surface area (TPSA) is 82.1 Å². The molecule has 8 nitrogen and oxygen atoms in total. The molecule has 0 atom stereocenters. The molecule has 1 aromatic carbocycles. The van der Waals surface area contributed by atoms with Crippen molar-refractivity contribution >= 4 is 5.91 Å². The quantitative estimate of drug-likeness (QED) is 0.720. The standard InChI is InChI=1S/C20H28N4O4/c1-4-26-16-7-6-15(14-17(16)27-5-2)20-21-18(28-22-20)8-9-19(25)24-12-10-23(3)11-13-24/h6-7,14H,4-5,8-13H2,1-3H3/p+1. The first-order chi connectivity index (χ1) is 13.6. The van der Waals surface area contributed by atoms with Crippen LogP contribution < -0.4 is 14.4 Å². The van der Waals surface area contributed by atoms with Crippen molar-refractivity contribution in [2.24, 2.45) is 0 Å². The van der Waals surface area contributed by atoms with Gasteiger partial charge in [0.25, 0.3) is 0 Å². The van der Waals surface area contributed by atoms with E-state index in [0.717, 1.165) is 31.7 Å². The fourth-order valence-corrected chi connectivity index (χ4v) is 3.17. The Balaban J connectivity index is 1.62. The van der Waals surface area contributed by atoms with Crippen molar-refractivity contribution in [3.63, 3.8) is 0 Å². The fourth-order valence-electron chi connectivity index (χ4n) is 3.17. The van der Waals surface area contributed by atoms with Crippen LogP contribution >= 0.6 is 0 Å². The third kappa shape index (κ3) is 5.01. The van der Waals surface area contributed by atoms with E-state index in [1.165, 1.54) is 4.90 Å². The van der Waals surface area contributed by atoms with E-state index in [9.17, 15) is 4.79 Å². The normalized spacial score (nSPS) is 14.9. The van der Waals surface area contributed by atoms with Crippen LogP contribution in [0.1, 0.15) is 26.2 Å². The maximum Gasteiger partial charge on any atom is 0.227 e. The molecule has 3 rings (SSSR count). The summed E-state index contributed by atoms with van der Waals surface area (Å²) in [6.07, 6.45) is 0.828. The average molecular weight is 389 g/mol. The molecule has 2 heterocycles. The molecule has 0 saturated carbocycles. The molecule has 0 radical (unpaired) electrons. The number of piperazine rings is 1. The zero-order valence-electron chi connectivity index (χ0n) is 16.9. The summed E-state index contributed by atoms with van der Waals surface area (Å²) in [6, 6.07) is 5.57. The largest absolute Gasteiger partial charge is 0.490 e. The molecular formula is C20H29N4O4+. The lowest BCUT2D eigenvalue weighted by Gasteiger charge is -2.30. The first-order valence-corrected chi connectivity index (χ1v) is 9.92. The zero-order chi connectivity index (χ0) is 19.9. The molecule has 1 saturated heterocycles. The predicted octanol–water partition coefficient (Wildman–Crippen LogP) is 0.824. The number of aromatic nitrogens is 2. The molecule has 152 valence electrons. The van der Waals surface area contributed by atoms with Gasteiger partial charge < -0.3 is 23.8 Å². The molecule has 0 unspecified atom stereocenters. The smallest absolute Gasteiger partial charge is 0.227 e. The van der Waals surface area contributed by atoms with E-state index in [-0.39, 0.29) is 5.91 Å². The number of amides is 1. The second-order valence-electron chi connectivity index (χ2n) is 6.88. The number of quaternary nitrogens is 1. The van der Waals surface area contributed by atoms with Gasteiger partial charge >= 0.3 is 0 Å². The van der Waals surface area contributed by atoms with Gasteiger partial charge in [0.1, 0.15) is 0 Å². The van der Waals surface area contributed by atoms with Crippen molar-refractivity contribution in [1.29, 1.82) is 0 Å². The molecule has 1 aliphatic heterocycles. The highest BCUT2D eigenvalue weighted by molar-refractivity contribution is 5.76. The number of aryl methyl sites for hydroxylation is 1. The Morgan fingerprint density at radius 1 is 1.18 bits per heavy atom. The molecule has 0 bridgehead atoms. The summed E-state index contributed by atoms with van der Waals surface area (Å²) in [7, 11) is 2.15. The minimum atomic E-state index is 0.145. The molecule has 1 aliphatic rings. The Kier molecular flexibility index (Phi) is 6.86. The number of rotatable bonds is 8. The van der Waals surface area contributed by atoms with Crippen LogP contribution in [0, 0.1) is 0 Å². The van der Waals surface area contributed by atoms with Crippen LogP contribution in [-0.4, -0.2) is 67.4 Å². The summed E-state index contributed by atoms with van der Waals surface area (Å²) in [4.78, 5) is 20.2. The molecule has 28 heavy (non-hydrogen) atoms. The number of ether oxygens (including phenoxy) is 2. The molecule has 1 aromatic heterocycles. The Morgan fingerprint density at radius 3 is 2.61 bits per heavy atom. The number of nitrogens with one attached hydrogen (secondary N) is 1. The molecule has 1 fully saturated rings. The molecule has 1 amide bonds. The van der Waals surface area contributed by atoms with Crippen LogP contribution in [0.15, 0.2) is 22.7 Å². The second-order valence-corrected chi connectivity index (χ2v) is 6.88. The average Bonchev–Trinajstić information content (AvgIpc) is 3.17. The van der Waals surface area contributed by atoms with E-state index in [1.54, 1.807) is 0 Å². The van der Waals surface area contributed by atoms with E-state index in [2.05, 4.69) is 17.2 Å². The Hall–Kier alpha value is -2.61. The lowest BCUT2D eigenvalue weighted by atomic mass is 10.2. The van der Waals surface area contributed by atoms with Gasteiger partial charge in [0.2, 0.25) is 17.6 Å². The molecule has 0 aliphatic carbocycles. The highest BCUT2D eigenvalue weighted by Gasteiger charge is 2.22. The van der Waals surface area contributed by atoms with E-state index in [0.29, 0.717) is 49.3 Å². The summed E-state index contributed by atoms with van der Waals surface area (Å²) >= 11 is 0. The van der Waals surface area contributed by atoms with Gasteiger partial charge in [-0.15, -0.1) is 0 Å². The Bertz CT molecular complexity index is 784. The number of carbonyl (C=O) groups excluding carboxylic acids is 1. The van der Waals surface area contributed by atoms with E-state index in [4.69, 9.17) is 14.0 Å². The van der Waals surface area contributed by atoms with Crippen molar-refractivity contribution in [3.05, 3.63) is 24.1 Å². The Labute approximate surface area is 165 Å². The van der Waals surface area contributed by atoms with Crippen molar-refractivity contribution in [2.75, 3.05) is 46.4 Å². The van der Waals surface area contributed by atoms with Gasteiger partial charge in [0, 0.05) is 18.4 Å². The number of carbonyl (C=O) groups is 1. The van der Waals surface area contributed by atoms with Gasteiger partial charge in [0.05, 0.1) is 46.4 Å². The summed E-state index contributed by atoms with van der Waals surface area (Å²) in [5.74, 6) is 2.44. The summed E-state index contributed by atoms with van der Waals surface area (Å²) in [6.45, 7) is 8.57. The van der Waals surface area contributed by atoms with Crippen LogP contribution in [0.2, 0.25) is 0 Å². The van der Waals surface area contributed by atoms with Crippen LogP contribution in [0.3, 0.4) is 0 Å². The highest BCUT2D eigenvalue weighted by Crippen LogP contribution is 2.32. The number of nitrogens with zero attached hydrogens (tertiary/aromatic N) is 3. The third-order valence-corrected chi connectivity index (χ3v) is 4.79. The van der Waals surface area contributed by atoms with Crippen LogP contribution in [0.5, 0.6) is 11.5 Å². The van der Waals surface area contributed by atoms with Gasteiger partial charge in [-0.2, -0.15) is 4.98 Å². The fraction of sp³-hybridized carbons (Fsp3) is 0.550. The monoisotopic (exact) mass is 389 g/mol. The summed E-state index contributed by atoms with van der Waals surface area (Å²) < 4.78 is 16.6. The minimum absolute atomic E-state index is 0.145. The van der Waals surface area contributed by atoms with Gasteiger partial charge in [0.15, 0.2) is 11.5 Å². The lowest BCUT2D eigenvalue weighted by molar-refractivity contribution is -0.883. The maximum atomic E-state index is 12.4. The van der Waals surface area contributed by atoms with Crippen molar-refractivity contribution < 1.29 is 23.7 Å².